The van der Waals surface area contributed by atoms with E-state index in [-0.39, 0.29) is 5.91 Å². The molecule has 0 aliphatic heterocycles. The number of amides is 1. The van der Waals surface area contributed by atoms with E-state index in [1.165, 1.54) is 25.7 Å². The Hall–Kier alpha value is -3.22. The second-order valence-corrected chi connectivity index (χ2v) is 7.51. The van der Waals surface area contributed by atoms with Gasteiger partial charge in [-0.1, -0.05) is 18.9 Å². The molecule has 2 N–H and O–H groups in total. The lowest BCUT2D eigenvalue weighted by Gasteiger charge is -2.11. The van der Waals surface area contributed by atoms with E-state index in [0.29, 0.717) is 18.2 Å². The van der Waals surface area contributed by atoms with Crippen LogP contribution in [0.2, 0.25) is 0 Å². The van der Waals surface area contributed by atoms with Gasteiger partial charge in [-0.05, 0) is 43.5 Å². The summed E-state index contributed by atoms with van der Waals surface area (Å²) in [6.45, 7) is 2.38. The summed E-state index contributed by atoms with van der Waals surface area (Å²) in [4.78, 5) is 29.2. The molecule has 7 nitrogen and oxygen atoms in total. The van der Waals surface area contributed by atoms with Crippen molar-refractivity contribution in [1.29, 1.82) is 0 Å². The molecule has 0 unspecified atom stereocenters. The number of aromatic nitrogens is 5. The van der Waals surface area contributed by atoms with Crippen LogP contribution >= 0.6 is 0 Å². The summed E-state index contributed by atoms with van der Waals surface area (Å²) in [7, 11) is 0. The second-order valence-electron chi connectivity index (χ2n) is 7.51. The minimum atomic E-state index is -0.147. The van der Waals surface area contributed by atoms with Crippen molar-refractivity contribution in [1.82, 2.24) is 29.8 Å². The van der Waals surface area contributed by atoms with E-state index in [0.717, 1.165) is 33.6 Å². The van der Waals surface area contributed by atoms with Crippen molar-refractivity contribution in [2.75, 3.05) is 0 Å². The van der Waals surface area contributed by atoms with E-state index >= 15 is 0 Å². The zero-order chi connectivity index (χ0) is 19.1. The number of hydrogen-bond acceptors (Lipinski definition) is 4. The van der Waals surface area contributed by atoms with Gasteiger partial charge in [0, 0.05) is 18.8 Å². The standard InChI is InChI=1S/C21H22N6O/c1-13-25-17-7-6-14(8-18(17)26-13)10-23-21(28)15-9-19-20(22-11-15)27(12-24-19)16-4-2-3-5-16/h6-9,11-12,16H,2-5,10H2,1H3,(H,23,28)(H,25,26). The number of aromatic amines is 1. The number of carbonyl (C=O) groups excluding carboxylic acids is 1. The minimum absolute atomic E-state index is 0.147. The summed E-state index contributed by atoms with van der Waals surface area (Å²) in [5.74, 6) is 0.735. The van der Waals surface area contributed by atoms with E-state index in [9.17, 15) is 4.79 Å². The molecule has 1 fully saturated rings. The van der Waals surface area contributed by atoms with Crippen LogP contribution in [0.15, 0.2) is 36.8 Å². The van der Waals surface area contributed by atoms with Crippen LogP contribution in [0.5, 0.6) is 0 Å². The summed E-state index contributed by atoms with van der Waals surface area (Å²) in [5, 5.41) is 2.97. The number of carbonyl (C=O) groups is 1. The zero-order valence-corrected chi connectivity index (χ0v) is 15.8. The molecule has 0 atom stereocenters. The lowest BCUT2D eigenvalue weighted by Crippen LogP contribution is -2.23. The Morgan fingerprint density at radius 3 is 2.93 bits per heavy atom. The van der Waals surface area contributed by atoms with Crippen molar-refractivity contribution >= 4 is 28.1 Å². The van der Waals surface area contributed by atoms with Gasteiger partial charge in [0.1, 0.15) is 11.3 Å². The summed E-state index contributed by atoms with van der Waals surface area (Å²) in [6.07, 6.45) is 8.37. The fourth-order valence-electron chi connectivity index (χ4n) is 4.07. The van der Waals surface area contributed by atoms with Gasteiger partial charge in [-0.15, -0.1) is 0 Å². The maximum atomic E-state index is 12.6. The molecular formula is C21H22N6O. The third-order valence-corrected chi connectivity index (χ3v) is 5.51. The molecule has 7 heteroatoms. The number of aryl methyl sites for hydroxylation is 1. The highest BCUT2D eigenvalue weighted by atomic mass is 16.1. The molecule has 0 radical (unpaired) electrons. The minimum Gasteiger partial charge on any atom is -0.348 e. The van der Waals surface area contributed by atoms with Gasteiger partial charge in [-0.25, -0.2) is 15.0 Å². The molecule has 1 amide bonds. The average molecular weight is 374 g/mol. The molecule has 5 rings (SSSR count). The van der Waals surface area contributed by atoms with Gasteiger partial charge in [0.05, 0.1) is 22.9 Å². The highest BCUT2D eigenvalue weighted by Crippen LogP contribution is 2.31. The molecule has 1 aromatic carbocycles. The molecule has 1 aliphatic rings. The van der Waals surface area contributed by atoms with Crippen molar-refractivity contribution in [2.45, 2.75) is 45.2 Å². The van der Waals surface area contributed by atoms with E-state index < -0.39 is 0 Å². The first kappa shape index (κ1) is 16.9. The van der Waals surface area contributed by atoms with Gasteiger partial charge >= 0.3 is 0 Å². The summed E-state index contributed by atoms with van der Waals surface area (Å²) < 4.78 is 2.16. The quantitative estimate of drug-likeness (QED) is 0.570. The Balaban J connectivity index is 1.32. The number of nitrogens with zero attached hydrogens (tertiary/aromatic N) is 4. The molecule has 3 heterocycles. The summed E-state index contributed by atoms with van der Waals surface area (Å²) in [5.41, 5.74) is 5.09. The van der Waals surface area contributed by atoms with E-state index in [1.54, 1.807) is 6.20 Å². The topological polar surface area (TPSA) is 88.5 Å². The van der Waals surface area contributed by atoms with Crippen LogP contribution in [0.4, 0.5) is 0 Å². The Morgan fingerprint density at radius 1 is 1.21 bits per heavy atom. The van der Waals surface area contributed by atoms with Crippen molar-refractivity contribution in [3.05, 3.63) is 53.7 Å². The van der Waals surface area contributed by atoms with Crippen LogP contribution in [0.1, 0.15) is 53.5 Å². The highest BCUT2D eigenvalue weighted by Gasteiger charge is 2.20. The Labute approximate surface area is 162 Å². The number of benzene rings is 1. The Morgan fingerprint density at radius 2 is 2.07 bits per heavy atom. The molecule has 28 heavy (non-hydrogen) atoms. The van der Waals surface area contributed by atoms with Crippen molar-refractivity contribution in [2.24, 2.45) is 0 Å². The summed E-state index contributed by atoms with van der Waals surface area (Å²) >= 11 is 0. The van der Waals surface area contributed by atoms with E-state index in [4.69, 9.17) is 0 Å². The first-order valence-electron chi connectivity index (χ1n) is 9.73. The molecule has 1 aliphatic carbocycles. The number of hydrogen-bond donors (Lipinski definition) is 2. The van der Waals surface area contributed by atoms with E-state index in [2.05, 4.69) is 29.8 Å². The predicted octanol–water partition coefficient (Wildman–Crippen LogP) is 3.66. The van der Waals surface area contributed by atoms with Gasteiger partial charge in [0.15, 0.2) is 5.65 Å². The van der Waals surface area contributed by atoms with Crippen molar-refractivity contribution in [3.63, 3.8) is 0 Å². The number of nitrogens with one attached hydrogen (secondary N) is 2. The van der Waals surface area contributed by atoms with Gasteiger partial charge in [-0.2, -0.15) is 0 Å². The smallest absolute Gasteiger partial charge is 0.253 e. The van der Waals surface area contributed by atoms with Crippen LogP contribution in [0.25, 0.3) is 22.2 Å². The lowest BCUT2D eigenvalue weighted by atomic mass is 10.2. The van der Waals surface area contributed by atoms with Gasteiger partial charge in [-0.3, -0.25) is 4.79 Å². The highest BCUT2D eigenvalue weighted by molar-refractivity contribution is 5.96. The first-order chi connectivity index (χ1) is 13.7. The van der Waals surface area contributed by atoms with Crippen LogP contribution in [-0.2, 0) is 6.54 Å². The van der Waals surface area contributed by atoms with Gasteiger partial charge in [0.2, 0.25) is 0 Å². The van der Waals surface area contributed by atoms with Crippen molar-refractivity contribution in [3.8, 4) is 0 Å². The number of rotatable bonds is 4. The van der Waals surface area contributed by atoms with Crippen molar-refractivity contribution < 1.29 is 4.79 Å². The van der Waals surface area contributed by atoms with Gasteiger partial charge < -0.3 is 14.9 Å². The largest absolute Gasteiger partial charge is 0.348 e. The molecule has 142 valence electrons. The molecular weight excluding hydrogens is 352 g/mol. The number of fused-ring (bicyclic) bond motifs is 2. The molecule has 0 spiro atoms. The fourth-order valence-corrected chi connectivity index (χ4v) is 4.07. The second kappa shape index (κ2) is 6.74. The molecule has 4 aromatic rings. The number of H-pyrrole nitrogens is 1. The fraction of sp³-hybridized carbons (Fsp3) is 0.333. The average Bonchev–Trinajstić information content (AvgIpc) is 3.43. The normalized spacial score (nSPS) is 14.9. The number of pyridine rings is 1. The first-order valence-corrected chi connectivity index (χ1v) is 9.73. The lowest BCUT2D eigenvalue weighted by molar-refractivity contribution is 0.0950. The maximum absolute atomic E-state index is 12.6. The van der Waals surface area contributed by atoms with Crippen LogP contribution < -0.4 is 5.32 Å². The Kier molecular flexibility index (Phi) is 4.07. The SMILES string of the molecule is Cc1nc2ccc(CNC(=O)c3cnc4c(c3)ncn4C3CCCC3)cc2[nH]1. The molecule has 1 saturated carbocycles. The van der Waals surface area contributed by atoms with Crippen LogP contribution in [-0.4, -0.2) is 30.4 Å². The monoisotopic (exact) mass is 374 g/mol. The summed E-state index contributed by atoms with van der Waals surface area (Å²) in [6, 6.07) is 8.26. The molecule has 3 aromatic heterocycles. The van der Waals surface area contributed by atoms with E-state index in [1.807, 2.05) is 37.5 Å². The van der Waals surface area contributed by atoms with Gasteiger partial charge in [0.25, 0.3) is 5.91 Å². The maximum Gasteiger partial charge on any atom is 0.253 e. The van der Waals surface area contributed by atoms with Crippen LogP contribution in [0.3, 0.4) is 0 Å². The number of imidazole rings is 2. The Bertz CT molecular complexity index is 1170. The zero-order valence-electron chi connectivity index (χ0n) is 15.8. The molecule has 0 saturated heterocycles. The third kappa shape index (κ3) is 3.02. The van der Waals surface area contributed by atoms with Crippen LogP contribution in [0, 0.1) is 6.92 Å². The molecule has 0 bridgehead atoms. The third-order valence-electron chi connectivity index (χ3n) is 5.51. The predicted molar refractivity (Wildman–Crippen MR) is 107 cm³/mol.